The molecule has 3 rings (SSSR count). The van der Waals surface area contributed by atoms with Crippen LogP contribution in [0, 0.1) is 0 Å². The Labute approximate surface area is 212 Å². The summed E-state index contributed by atoms with van der Waals surface area (Å²) in [7, 11) is 1.12. The molecule has 0 bridgehead atoms. The molecule has 0 aromatic heterocycles. The molecule has 35 heavy (non-hydrogen) atoms. The fraction of sp³-hybridized carbons (Fsp3) is 0.625. The van der Waals surface area contributed by atoms with Gasteiger partial charge in [0, 0.05) is 0 Å². The van der Waals surface area contributed by atoms with Crippen LogP contribution in [-0.4, -0.2) is 73.2 Å². The Morgan fingerprint density at radius 3 is 0.971 bits per heavy atom. The minimum Gasteiger partial charge on any atom is -0.822 e. The van der Waals surface area contributed by atoms with Crippen LogP contribution in [0.5, 0.6) is 0 Å². The van der Waals surface area contributed by atoms with Gasteiger partial charge in [-0.3, -0.25) is 13.4 Å². The summed E-state index contributed by atoms with van der Waals surface area (Å²) in [5.41, 5.74) is 0. The van der Waals surface area contributed by atoms with E-state index in [1.54, 1.807) is 0 Å². The van der Waals surface area contributed by atoms with Crippen molar-refractivity contribution in [3.63, 3.8) is 0 Å². The molecule has 3 atom stereocenters. The molecule has 3 aliphatic heterocycles. The lowest BCUT2D eigenvalue weighted by Crippen LogP contribution is -2.35. The molecular formula is C24H45N6O4P. The van der Waals surface area contributed by atoms with Gasteiger partial charge in [-0.2, -0.15) is 7.82 Å². The van der Waals surface area contributed by atoms with Crippen molar-refractivity contribution in [1.82, 2.24) is 0 Å². The minimum atomic E-state index is -5.39. The van der Waals surface area contributed by atoms with Gasteiger partial charge in [0.2, 0.25) is 0 Å². The van der Waals surface area contributed by atoms with E-state index in [1.165, 1.54) is 58.2 Å². The molecule has 0 radical (unpaired) electrons. The standard InChI is InChI=1S/3C8H15N2.H3O4P/c3*1-3-4-6-10(2)7-5-9-8-10;1-5(2,3)4/h3*5,7-8H,3-4,6H2,1-2H3;(H3,1,2,3,4)/q3*+1;/p-3. The minimum absolute atomic E-state index is 0.883. The summed E-state index contributed by atoms with van der Waals surface area (Å²) >= 11 is 0. The number of unbranched alkanes of at least 4 members (excludes halogenated alkanes) is 3. The lowest BCUT2D eigenvalue weighted by molar-refractivity contribution is -0.756. The normalized spacial score (nSPS) is 27.2. The first-order valence-electron chi connectivity index (χ1n) is 12.2. The molecule has 0 aromatic carbocycles. The molecule has 3 heterocycles. The van der Waals surface area contributed by atoms with Crippen molar-refractivity contribution >= 4 is 26.8 Å². The molecule has 0 N–H and O–H groups in total. The second kappa shape index (κ2) is 16.8. The van der Waals surface area contributed by atoms with Crippen LogP contribution < -0.4 is 14.7 Å². The summed E-state index contributed by atoms with van der Waals surface area (Å²) < 4.78 is 11.2. The Morgan fingerprint density at radius 2 is 0.829 bits per heavy atom. The van der Waals surface area contributed by atoms with Crippen LogP contribution in [0.25, 0.3) is 0 Å². The smallest absolute Gasteiger partial charge is 0.194 e. The average molecular weight is 513 g/mol. The third-order valence-electron chi connectivity index (χ3n) is 5.45. The van der Waals surface area contributed by atoms with Gasteiger partial charge in [-0.25, -0.2) is 15.0 Å². The maximum Gasteiger partial charge on any atom is 0.194 e. The van der Waals surface area contributed by atoms with Gasteiger partial charge in [0.05, 0.1) is 59.4 Å². The summed E-state index contributed by atoms with van der Waals surface area (Å²) in [6, 6.07) is 0. The third kappa shape index (κ3) is 18.2. The van der Waals surface area contributed by atoms with Gasteiger partial charge in [0.15, 0.2) is 19.0 Å². The molecule has 3 aliphatic rings. The molecule has 11 heteroatoms. The Bertz CT molecular complexity index is 682. The van der Waals surface area contributed by atoms with E-state index < -0.39 is 7.82 Å². The highest BCUT2D eigenvalue weighted by Crippen LogP contribution is 2.10. The number of quaternary nitrogens is 3. The second-order valence-electron chi connectivity index (χ2n) is 9.41. The van der Waals surface area contributed by atoms with Crippen molar-refractivity contribution in [3.8, 4) is 0 Å². The summed E-state index contributed by atoms with van der Waals surface area (Å²) in [6.07, 6.45) is 25.5. The highest BCUT2D eigenvalue weighted by atomic mass is 31.2. The largest absolute Gasteiger partial charge is 0.822 e. The maximum absolute atomic E-state index is 8.55. The lowest BCUT2D eigenvalue weighted by atomic mass is 10.3. The van der Waals surface area contributed by atoms with Gasteiger partial charge in [-0.1, -0.05) is 40.0 Å². The monoisotopic (exact) mass is 512 g/mol. The fourth-order valence-electron chi connectivity index (χ4n) is 3.15. The predicted octanol–water partition coefficient (Wildman–Crippen LogP) is 2.41. The zero-order valence-corrected chi connectivity index (χ0v) is 23.2. The van der Waals surface area contributed by atoms with Crippen LogP contribution in [0.1, 0.15) is 59.3 Å². The highest BCUT2D eigenvalue weighted by Gasteiger charge is 2.19. The zero-order chi connectivity index (χ0) is 26.8. The molecular weight excluding hydrogens is 467 g/mol. The molecule has 0 saturated heterocycles. The van der Waals surface area contributed by atoms with E-state index in [-0.39, 0.29) is 0 Å². The van der Waals surface area contributed by atoms with Crippen molar-refractivity contribution in [2.24, 2.45) is 15.0 Å². The Kier molecular flexibility index (Phi) is 16.0. The number of rotatable bonds is 9. The van der Waals surface area contributed by atoms with Crippen LogP contribution in [0.4, 0.5) is 0 Å². The van der Waals surface area contributed by atoms with E-state index >= 15 is 0 Å². The van der Waals surface area contributed by atoms with Crippen LogP contribution in [0.2, 0.25) is 0 Å². The quantitative estimate of drug-likeness (QED) is 0.348. The number of nitrogens with zero attached hydrogens (tertiary/aromatic N) is 6. The summed E-state index contributed by atoms with van der Waals surface area (Å²) in [5.74, 6) is 0. The lowest BCUT2D eigenvalue weighted by Gasteiger charge is -2.36. The molecule has 0 aromatic rings. The Balaban J connectivity index is 0.000000453. The van der Waals surface area contributed by atoms with Crippen LogP contribution in [0.15, 0.2) is 52.2 Å². The van der Waals surface area contributed by atoms with E-state index in [4.69, 9.17) is 19.2 Å². The molecule has 0 fully saturated rings. The first kappa shape index (κ1) is 33.2. The second-order valence-corrected chi connectivity index (χ2v) is 10.3. The fourth-order valence-corrected chi connectivity index (χ4v) is 3.15. The first-order valence-corrected chi connectivity index (χ1v) is 13.7. The molecule has 0 spiro atoms. The number of hydrogen-bond acceptors (Lipinski definition) is 7. The van der Waals surface area contributed by atoms with E-state index in [1.807, 2.05) is 37.6 Å². The van der Waals surface area contributed by atoms with E-state index in [0.29, 0.717) is 0 Å². The van der Waals surface area contributed by atoms with E-state index in [0.717, 1.165) is 13.4 Å². The molecule has 0 saturated carbocycles. The topological polar surface area (TPSA) is 123 Å². The van der Waals surface area contributed by atoms with Crippen LogP contribution in [-0.2, 0) is 4.57 Å². The molecule has 0 amide bonds. The predicted molar refractivity (Wildman–Crippen MR) is 138 cm³/mol. The van der Waals surface area contributed by atoms with Crippen LogP contribution in [0.3, 0.4) is 0 Å². The van der Waals surface area contributed by atoms with Crippen LogP contribution >= 0.6 is 7.82 Å². The van der Waals surface area contributed by atoms with Gasteiger partial charge >= 0.3 is 0 Å². The maximum atomic E-state index is 8.55. The van der Waals surface area contributed by atoms with Gasteiger partial charge in [0.1, 0.15) is 18.6 Å². The molecule has 200 valence electrons. The molecule has 0 aliphatic carbocycles. The van der Waals surface area contributed by atoms with Crippen molar-refractivity contribution < 1.29 is 32.7 Å². The van der Waals surface area contributed by atoms with Gasteiger partial charge in [0.25, 0.3) is 0 Å². The first-order chi connectivity index (χ1) is 16.3. The van der Waals surface area contributed by atoms with E-state index in [2.05, 4.69) is 75.5 Å². The number of phosphoric acid groups is 1. The van der Waals surface area contributed by atoms with Gasteiger partial charge in [-0.05, 0) is 19.3 Å². The number of hydrogen-bond donors (Lipinski definition) is 0. The SMILES string of the molecule is CCCC[N+]1(C)C=CN=C1.CCCC[N+]1(C)C=CN=C1.CCCC[N+]1(C)C=CN=C1.O=P([O-])([O-])[O-]. The highest BCUT2D eigenvalue weighted by molar-refractivity contribution is 7.40. The Morgan fingerprint density at radius 1 is 0.600 bits per heavy atom. The Hall–Kier alpha value is -1.78. The summed E-state index contributed by atoms with van der Waals surface area (Å²) in [5, 5.41) is 0. The zero-order valence-electron chi connectivity index (χ0n) is 22.3. The number of aliphatic imine (C=N–C) groups is 3. The average Bonchev–Trinajstić information content (AvgIpc) is 3.52. The molecule has 10 nitrogen and oxygen atoms in total. The van der Waals surface area contributed by atoms with Gasteiger partial charge < -0.3 is 19.2 Å². The van der Waals surface area contributed by atoms with Crippen molar-refractivity contribution in [2.45, 2.75) is 59.3 Å². The van der Waals surface area contributed by atoms with Crippen molar-refractivity contribution in [1.29, 1.82) is 0 Å². The van der Waals surface area contributed by atoms with Crippen molar-refractivity contribution in [2.75, 3.05) is 40.8 Å². The third-order valence-corrected chi connectivity index (χ3v) is 5.45. The molecule has 3 unspecified atom stereocenters. The summed E-state index contributed by atoms with van der Waals surface area (Å²) in [6.45, 7) is 10.2. The summed E-state index contributed by atoms with van der Waals surface area (Å²) in [4.78, 5) is 37.8. The van der Waals surface area contributed by atoms with E-state index in [9.17, 15) is 0 Å². The van der Waals surface area contributed by atoms with Crippen molar-refractivity contribution in [3.05, 3.63) is 37.2 Å². The van der Waals surface area contributed by atoms with Gasteiger partial charge in [-0.15, -0.1) is 0 Å².